The van der Waals surface area contributed by atoms with Gasteiger partial charge in [0.2, 0.25) is 0 Å². The van der Waals surface area contributed by atoms with Crippen LogP contribution >= 0.6 is 0 Å². The van der Waals surface area contributed by atoms with E-state index in [2.05, 4.69) is 0 Å². The predicted octanol–water partition coefficient (Wildman–Crippen LogP) is 1.89. The van der Waals surface area contributed by atoms with Crippen molar-refractivity contribution in [2.75, 3.05) is 13.7 Å². The molecule has 0 amide bonds. The minimum atomic E-state index is -1.50. The molecule has 0 aliphatic rings. The molecule has 16 heavy (non-hydrogen) atoms. The Morgan fingerprint density at radius 2 is 1.94 bits per heavy atom. The van der Waals surface area contributed by atoms with Crippen LogP contribution in [0.4, 0.5) is 4.39 Å². The fourth-order valence-corrected chi connectivity index (χ4v) is 1.11. The van der Waals surface area contributed by atoms with Crippen molar-refractivity contribution in [3.8, 4) is 11.5 Å². The minimum absolute atomic E-state index is 0.265. The standard InChI is InChI=1S/C11H13FO4/c1-15-9-2-4-10(5-3-9)16-7-8(12)6-11(13)14/h2-5,8H,6-7H2,1H3,(H,13,14). The second-order valence-electron chi connectivity index (χ2n) is 3.18. The smallest absolute Gasteiger partial charge is 0.306 e. The van der Waals surface area contributed by atoms with Gasteiger partial charge in [-0.3, -0.25) is 4.79 Å². The number of carboxylic acid groups (broad SMARTS) is 1. The van der Waals surface area contributed by atoms with Gasteiger partial charge in [0.1, 0.15) is 24.3 Å². The van der Waals surface area contributed by atoms with Gasteiger partial charge in [0.15, 0.2) is 0 Å². The quantitative estimate of drug-likeness (QED) is 0.807. The van der Waals surface area contributed by atoms with Gasteiger partial charge in [-0.2, -0.15) is 0 Å². The maximum Gasteiger partial charge on any atom is 0.306 e. The Morgan fingerprint density at radius 1 is 1.38 bits per heavy atom. The van der Waals surface area contributed by atoms with E-state index in [4.69, 9.17) is 14.6 Å². The van der Waals surface area contributed by atoms with Gasteiger partial charge in [-0.25, -0.2) is 4.39 Å². The van der Waals surface area contributed by atoms with Gasteiger partial charge < -0.3 is 14.6 Å². The summed E-state index contributed by atoms with van der Waals surface area (Å²) < 4.78 is 23.0. The van der Waals surface area contributed by atoms with Crippen molar-refractivity contribution in [1.82, 2.24) is 0 Å². The summed E-state index contributed by atoms with van der Waals surface area (Å²) in [6.45, 7) is -0.265. The zero-order valence-corrected chi connectivity index (χ0v) is 8.85. The van der Waals surface area contributed by atoms with Crippen molar-refractivity contribution in [3.05, 3.63) is 24.3 Å². The van der Waals surface area contributed by atoms with Crippen molar-refractivity contribution >= 4 is 5.97 Å². The molecule has 1 N–H and O–H groups in total. The van der Waals surface area contributed by atoms with Crippen LogP contribution in [0.15, 0.2) is 24.3 Å². The van der Waals surface area contributed by atoms with Crippen LogP contribution in [0.2, 0.25) is 0 Å². The number of alkyl halides is 1. The normalized spacial score (nSPS) is 11.9. The first-order valence-electron chi connectivity index (χ1n) is 4.74. The summed E-state index contributed by atoms with van der Waals surface area (Å²) in [5, 5.41) is 8.34. The van der Waals surface area contributed by atoms with Crippen LogP contribution in [0.5, 0.6) is 11.5 Å². The third-order valence-corrected chi connectivity index (χ3v) is 1.89. The van der Waals surface area contributed by atoms with Gasteiger partial charge in [0.25, 0.3) is 0 Å². The fourth-order valence-electron chi connectivity index (χ4n) is 1.11. The summed E-state index contributed by atoms with van der Waals surface area (Å²) >= 11 is 0. The van der Waals surface area contributed by atoms with E-state index in [1.807, 2.05) is 0 Å². The van der Waals surface area contributed by atoms with Gasteiger partial charge in [-0.05, 0) is 24.3 Å². The molecule has 1 atom stereocenters. The van der Waals surface area contributed by atoms with Crippen molar-refractivity contribution in [2.24, 2.45) is 0 Å². The number of methoxy groups -OCH3 is 1. The van der Waals surface area contributed by atoms with Gasteiger partial charge in [0, 0.05) is 0 Å². The zero-order valence-electron chi connectivity index (χ0n) is 8.85. The number of benzene rings is 1. The van der Waals surface area contributed by atoms with Crippen LogP contribution < -0.4 is 9.47 Å². The van der Waals surface area contributed by atoms with E-state index >= 15 is 0 Å². The maximum absolute atomic E-state index is 13.0. The average Bonchev–Trinajstić information content (AvgIpc) is 2.26. The van der Waals surface area contributed by atoms with Crippen molar-refractivity contribution in [3.63, 3.8) is 0 Å². The molecule has 1 unspecified atom stereocenters. The number of carboxylic acids is 1. The van der Waals surface area contributed by atoms with Crippen LogP contribution in [0.3, 0.4) is 0 Å². The molecule has 1 rings (SSSR count). The molecule has 0 aliphatic heterocycles. The summed E-state index contributed by atoms with van der Waals surface area (Å²) in [7, 11) is 1.54. The Morgan fingerprint density at radius 3 is 2.44 bits per heavy atom. The van der Waals surface area contributed by atoms with Gasteiger partial charge in [-0.1, -0.05) is 0 Å². The number of rotatable bonds is 6. The van der Waals surface area contributed by atoms with Gasteiger partial charge in [-0.15, -0.1) is 0 Å². The third-order valence-electron chi connectivity index (χ3n) is 1.89. The molecule has 0 bridgehead atoms. The van der Waals surface area contributed by atoms with Crippen molar-refractivity contribution in [1.29, 1.82) is 0 Å². The predicted molar refractivity (Wildman–Crippen MR) is 55.6 cm³/mol. The number of aliphatic carboxylic acids is 1. The molecular weight excluding hydrogens is 215 g/mol. The largest absolute Gasteiger partial charge is 0.497 e. The Kier molecular flexibility index (Phi) is 4.57. The minimum Gasteiger partial charge on any atom is -0.497 e. The number of hydrogen-bond donors (Lipinski definition) is 1. The molecule has 0 aromatic heterocycles. The average molecular weight is 228 g/mol. The maximum atomic E-state index is 13.0. The first-order chi connectivity index (χ1) is 7.61. The molecule has 1 aromatic carbocycles. The zero-order chi connectivity index (χ0) is 12.0. The lowest BCUT2D eigenvalue weighted by molar-refractivity contribution is -0.138. The molecule has 0 radical (unpaired) electrons. The molecule has 88 valence electrons. The molecular formula is C11H13FO4. The fraction of sp³-hybridized carbons (Fsp3) is 0.364. The topological polar surface area (TPSA) is 55.8 Å². The number of halogens is 1. The van der Waals surface area contributed by atoms with Crippen LogP contribution in [-0.2, 0) is 4.79 Å². The van der Waals surface area contributed by atoms with Crippen LogP contribution in [0.25, 0.3) is 0 Å². The molecule has 0 saturated carbocycles. The van der Waals surface area contributed by atoms with E-state index in [9.17, 15) is 9.18 Å². The second-order valence-corrected chi connectivity index (χ2v) is 3.18. The van der Waals surface area contributed by atoms with Gasteiger partial charge in [0.05, 0.1) is 13.5 Å². The lowest BCUT2D eigenvalue weighted by Crippen LogP contribution is -2.16. The molecule has 4 nitrogen and oxygen atoms in total. The highest BCUT2D eigenvalue weighted by atomic mass is 19.1. The van der Waals surface area contributed by atoms with Crippen LogP contribution in [0.1, 0.15) is 6.42 Å². The number of ether oxygens (including phenoxy) is 2. The second kappa shape index (κ2) is 5.95. The highest BCUT2D eigenvalue weighted by Gasteiger charge is 2.12. The summed E-state index contributed by atoms with van der Waals surface area (Å²) in [4.78, 5) is 10.2. The van der Waals surface area contributed by atoms with E-state index in [1.54, 1.807) is 31.4 Å². The van der Waals surface area contributed by atoms with E-state index < -0.39 is 18.6 Å². The summed E-state index contributed by atoms with van der Waals surface area (Å²) in [6, 6.07) is 6.62. The molecule has 0 spiro atoms. The summed E-state index contributed by atoms with van der Waals surface area (Å²) in [5.74, 6) is -0.0191. The van der Waals surface area contributed by atoms with Crippen LogP contribution in [-0.4, -0.2) is 31.0 Å². The Balaban J connectivity index is 2.39. The third kappa shape index (κ3) is 4.16. The Bertz CT molecular complexity index is 336. The van der Waals surface area contributed by atoms with Crippen molar-refractivity contribution < 1.29 is 23.8 Å². The first-order valence-corrected chi connectivity index (χ1v) is 4.74. The first kappa shape index (κ1) is 12.3. The highest BCUT2D eigenvalue weighted by Crippen LogP contribution is 2.17. The highest BCUT2D eigenvalue weighted by molar-refractivity contribution is 5.67. The van der Waals surface area contributed by atoms with E-state index in [1.165, 1.54) is 0 Å². The monoisotopic (exact) mass is 228 g/mol. The summed E-state index contributed by atoms with van der Waals surface area (Å²) in [5.41, 5.74) is 0. The molecule has 1 aromatic rings. The van der Waals surface area contributed by atoms with Crippen LogP contribution in [0, 0.1) is 0 Å². The van der Waals surface area contributed by atoms with E-state index in [0.29, 0.717) is 11.5 Å². The molecule has 0 aliphatic carbocycles. The number of carbonyl (C=O) groups is 1. The molecule has 0 heterocycles. The van der Waals surface area contributed by atoms with Crippen molar-refractivity contribution in [2.45, 2.75) is 12.6 Å². The summed E-state index contributed by atoms with van der Waals surface area (Å²) in [6.07, 6.45) is -2.05. The number of hydrogen-bond acceptors (Lipinski definition) is 3. The SMILES string of the molecule is COc1ccc(OCC(F)CC(=O)O)cc1. The lowest BCUT2D eigenvalue weighted by Gasteiger charge is -2.09. The van der Waals surface area contributed by atoms with E-state index in [0.717, 1.165) is 0 Å². The molecule has 0 fully saturated rings. The van der Waals surface area contributed by atoms with Gasteiger partial charge >= 0.3 is 5.97 Å². The molecule has 0 saturated heterocycles. The lowest BCUT2D eigenvalue weighted by atomic mass is 10.3. The Labute approximate surface area is 92.6 Å². The molecule has 5 heteroatoms. The van der Waals surface area contributed by atoms with E-state index in [-0.39, 0.29) is 6.61 Å². The Hall–Kier alpha value is -1.78.